The average Bonchev–Trinajstić information content (AvgIpc) is 2.68. The molecule has 1 amide bonds. The molecular weight excluding hydrogens is 261 g/mol. The fourth-order valence-corrected chi connectivity index (χ4v) is 1.41. The first-order chi connectivity index (χ1) is 8.77. The van der Waals surface area contributed by atoms with Gasteiger partial charge in [-0.2, -0.15) is 18.2 Å². The lowest BCUT2D eigenvalue weighted by atomic mass is 10.2. The molecule has 1 aromatic carbocycles. The summed E-state index contributed by atoms with van der Waals surface area (Å²) in [5.41, 5.74) is -0.573. The van der Waals surface area contributed by atoms with Crippen molar-refractivity contribution < 1.29 is 22.4 Å². The van der Waals surface area contributed by atoms with Crippen molar-refractivity contribution >= 4 is 23.0 Å². The van der Waals surface area contributed by atoms with Gasteiger partial charge in [0, 0.05) is 5.92 Å². The number of benzene rings is 1. The minimum atomic E-state index is -4.44. The van der Waals surface area contributed by atoms with Gasteiger partial charge in [-0.1, -0.05) is 13.8 Å². The van der Waals surface area contributed by atoms with E-state index in [9.17, 15) is 18.0 Å². The van der Waals surface area contributed by atoms with Crippen molar-refractivity contribution in [3.8, 4) is 0 Å². The number of oxazole rings is 1. The molecular formula is C12H11F3N2O2. The Morgan fingerprint density at radius 2 is 2.05 bits per heavy atom. The van der Waals surface area contributed by atoms with E-state index < -0.39 is 11.7 Å². The highest BCUT2D eigenvalue weighted by atomic mass is 19.4. The first-order valence-corrected chi connectivity index (χ1v) is 5.56. The van der Waals surface area contributed by atoms with Gasteiger partial charge < -0.3 is 4.42 Å². The summed E-state index contributed by atoms with van der Waals surface area (Å²) in [6, 6.07) is 2.86. The minimum absolute atomic E-state index is 0.0499. The molecule has 0 unspecified atom stereocenters. The predicted octanol–water partition coefficient (Wildman–Crippen LogP) is 3.44. The van der Waals surface area contributed by atoms with Crippen LogP contribution in [0.3, 0.4) is 0 Å². The standard InChI is InChI=1S/C12H11F3N2O2/c1-6(2)10(18)17-11-16-8-5-7(12(13,14)15)3-4-9(8)19-11/h3-6H,1-2H3,(H,16,17,18). The summed E-state index contributed by atoms with van der Waals surface area (Å²) in [6.07, 6.45) is -4.44. The van der Waals surface area contributed by atoms with E-state index in [1.807, 2.05) is 0 Å². The van der Waals surface area contributed by atoms with Crippen LogP contribution in [-0.2, 0) is 11.0 Å². The third-order valence-corrected chi connectivity index (χ3v) is 2.47. The Bertz CT molecular complexity index is 617. The molecule has 0 atom stereocenters. The molecule has 19 heavy (non-hydrogen) atoms. The van der Waals surface area contributed by atoms with Crippen LogP contribution in [0.1, 0.15) is 19.4 Å². The van der Waals surface area contributed by atoms with Crippen LogP contribution in [0.25, 0.3) is 11.1 Å². The highest BCUT2D eigenvalue weighted by Crippen LogP contribution is 2.31. The van der Waals surface area contributed by atoms with Crippen LogP contribution in [0.4, 0.5) is 19.2 Å². The molecule has 7 heteroatoms. The Morgan fingerprint density at radius 1 is 1.37 bits per heavy atom. The number of alkyl halides is 3. The van der Waals surface area contributed by atoms with Crippen LogP contribution in [-0.4, -0.2) is 10.9 Å². The molecule has 0 aliphatic carbocycles. The average molecular weight is 272 g/mol. The van der Waals surface area contributed by atoms with Crippen molar-refractivity contribution in [1.82, 2.24) is 4.98 Å². The third-order valence-electron chi connectivity index (χ3n) is 2.47. The highest BCUT2D eigenvalue weighted by molar-refractivity contribution is 5.91. The molecule has 102 valence electrons. The first kappa shape index (κ1) is 13.4. The van der Waals surface area contributed by atoms with Gasteiger partial charge in [0.15, 0.2) is 5.58 Å². The fourth-order valence-electron chi connectivity index (χ4n) is 1.41. The summed E-state index contributed by atoms with van der Waals surface area (Å²) in [4.78, 5) is 15.2. The molecule has 1 aromatic heterocycles. The summed E-state index contributed by atoms with van der Waals surface area (Å²) >= 11 is 0. The monoisotopic (exact) mass is 272 g/mol. The predicted molar refractivity (Wildman–Crippen MR) is 62.5 cm³/mol. The van der Waals surface area contributed by atoms with Gasteiger partial charge in [-0.15, -0.1) is 0 Å². The fraction of sp³-hybridized carbons (Fsp3) is 0.333. The van der Waals surface area contributed by atoms with Gasteiger partial charge in [0.05, 0.1) is 5.56 Å². The SMILES string of the molecule is CC(C)C(=O)Nc1nc2cc(C(F)(F)F)ccc2o1. The van der Waals surface area contributed by atoms with Crippen molar-refractivity contribution in [2.45, 2.75) is 20.0 Å². The molecule has 0 radical (unpaired) electrons. The van der Waals surface area contributed by atoms with E-state index >= 15 is 0 Å². The topological polar surface area (TPSA) is 55.1 Å². The molecule has 0 fully saturated rings. The molecule has 0 saturated heterocycles. The third kappa shape index (κ3) is 2.86. The van der Waals surface area contributed by atoms with Crippen molar-refractivity contribution in [1.29, 1.82) is 0 Å². The zero-order valence-electron chi connectivity index (χ0n) is 10.2. The Balaban J connectivity index is 2.33. The van der Waals surface area contributed by atoms with Crippen LogP contribution < -0.4 is 5.32 Å². The molecule has 0 saturated carbocycles. The quantitative estimate of drug-likeness (QED) is 0.911. The van der Waals surface area contributed by atoms with Gasteiger partial charge in [-0.25, -0.2) is 0 Å². The molecule has 1 heterocycles. The van der Waals surface area contributed by atoms with Gasteiger partial charge in [0.2, 0.25) is 5.91 Å². The lowest BCUT2D eigenvalue weighted by molar-refractivity contribution is -0.137. The molecule has 4 nitrogen and oxygen atoms in total. The van der Waals surface area contributed by atoms with Crippen LogP contribution in [0.15, 0.2) is 22.6 Å². The molecule has 0 bridgehead atoms. The number of hydrogen-bond acceptors (Lipinski definition) is 3. The number of aromatic nitrogens is 1. The van der Waals surface area contributed by atoms with Gasteiger partial charge in [-0.3, -0.25) is 10.1 Å². The van der Waals surface area contributed by atoms with Crippen LogP contribution >= 0.6 is 0 Å². The van der Waals surface area contributed by atoms with Crippen molar-refractivity contribution in [2.24, 2.45) is 5.92 Å². The number of rotatable bonds is 2. The van der Waals surface area contributed by atoms with Crippen LogP contribution in [0.2, 0.25) is 0 Å². The lowest BCUT2D eigenvalue weighted by Gasteiger charge is -2.04. The second kappa shape index (κ2) is 4.56. The van der Waals surface area contributed by atoms with E-state index in [2.05, 4.69) is 10.3 Å². The number of anilines is 1. The summed E-state index contributed by atoms with van der Waals surface area (Å²) in [5.74, 6) is -0.594. The van der Waals surface area contributed by atoms with E-state index in [1.54, 1.807) is 13.8 Å². The van der Waals surface area contributed by atoms with Crippen LogP contribution in [0, 0.1) is 5.92 Å². The number of nitrogens with zero attached hydrogens (tertiary/aromatic N) is 1. The Labute approximate surface area is 106 Å². The molecule has 2 aromatic rings. The van der Waals surface area contributed by atoms with Crippen LogP contribution in [0.5, 0.6) is 0 Å². The maximum absolute atomic E-state index is 12.5. The summed E-state index contributed by atoms with van der Waals surface area (Å²) in [7, 11) is 0. The second-order valence-electron chi connectivity index (χ2n) is 4.34. The number of nitrogens with one attached hydrogen (secondary N) is 1. The summed E-state index contributed by atoms with van der Waals surface area (Å²) < 4.78 is 42.7. The molecule has 0 aliphatic heterocycles. The van der Waals surface area contributed by atoms with E-state index in [-0.39, 0.29) is 28.9 Å². The Hall–Kier alpha value is -2.05. The zero-order valence-corrected chi connectivity index (χ0v) is 10.2. The Morgan fingerprint density at radius 3 is 2.63 bits per heavy atom. The van der Waals surface area contributed by atoms with E-state index in [1.165, 1.54) is 6.07 Å². The highest BCUT2D eigenvalue weighted by Gasteiger charge is 2.31. The van der Waals surface area contributed by atoms with E-state index in [0.717, 1.165) is 12.1 Å². The van der Waals surface area contributed by atoms with Crippen molar-refractivity contribution in [2.75, 3.05) is 5.32 Å². The number of amides is 1. The number of hydrogen-bond donors (Lipinski definition) is 1. The Kier molecular flexibility index (Phi) is 3.21. The maximum atomic E-state index is 12.5. The number of carbonyl (C=O) groups is 1. The zero-order chi connectivity index (χ0) is 14.2. The largest absolute Gasteiger partial charge is 0.423 e. The van der Waals surface area contributed by atoms with Gasteiger partial charge in [0.25, 0.3) is 0 Å². The minimum Gasteiger partial charge on any atom is -0.423 e. The van der Waals surface area contributed by atoms with Gasteiger partial charge >= 0.3 is 12.2 Å². The van der Waals surface area contributed by atoms with Crippen molar-refractivity contribution in [3.05, 3.63) is 23.8 Å². The van der Waals surface area contributed by atoms with Crippen molar-refractivity contribution in [3.63, 3.8) is 0 Å². The molecule has 0 spiro atoms. The number of halogens is 3. The molecule has 2 rings (SSSR count). The number of carbonyl (C=O) groups excluding carboxylic acids is 1. The smallest absolute Gasteiger partial charge is 0.416 e. The lowest BCUT2D eigenvalue weighted by Crippen LogP contribution is -2.17. The van der Waals surface area contributed by atoms with E-state index in [0.29, 0.717) is 0 Å². The van der Waals surface area contributed by atoms with E-state index in [4.69, 9.17) is 4.42 Å². The number of fused-ring (bicyclic) bond motifs is 1. The van der Waals surface area contributed by atoms with Gasteiger partial charge in [0.1, 0.15) is 5.52 Å². The normalized spacial score (nSPS) is 12.1. The summed E-state index contributed by atoms with van der Waals surface area (Å²) in [5, 5.41) is 2.39. The molecule has 0 aliphatic rings. The molecule has 1 N–H and O–H groups in total. The van der Waals surface area contributed by atoms with Gasteiger partial charge in [-0.05, 0) is 18.2 Å². The first-order valence-electron chi connectivity index (χ1n) is 5.56. The second-order valence-corrected chi connectivity index (χ2v) is 4.34. The maximum Gasteiger partial charge on any atom is 0.416 e. The summed E-state index contributed by atoms with van der Waals surface area (Å²) in [6.45, 7) is 3.36.